The van der Waals surface area contributed by atoms with E-state index in [1.807, 2.05) is 40.2 Å². The van der Waals surface area contributed by atoms with Gasteiger partial charge in [0.25, 0.3) is 0 Å². The fourth-order valence-corrected chi connectivity index (χ4v) is 1.86. The van der Waals surface area contributed by atoms with Gasteiger partial charge in [-0.05, 0) is 20.8 Å². The molecule has 0 saturated carbocycles. The molecule has 1 aromatic heterocycles. The number of carbonyl (C=O) groups excluding carboxylic acids is 1. The monoisotopic (exact) mass is 266 g/mol. The van der Waals surface area contributed by atoms with Gasteiger partial charge in [0, 0.05) is 26.3 Å². The Balaban J connectivity index is 1.84. The molecule has 0 unspecified atom stereocenters. The van der Waals surface area contributed by atoms with Crippen LogP contribution >= 0.6 is 0 Å². The maximum absolute atomic E-state index is 11.8. The highest BCUT2D eigenvalue weighted by Crippen LogP contribution is 2.18. The van der Waals surface area contributed by atoms with Crippen LogP contribution in [-0.2, 0) is 16.7 Å². The number of piperazine rings is 1. The summed E-state index contributed by atoms with van der Waals surface area (Å²) in [5.41, 5.74) is 0.657. The maximum Gasteiger partial charge on any atom is 0.330 e. The number of aromatic nitrogens is 2. The molecular formula is C13H22N4O2. The minimum atomic E-state index is -0.458. The Morgan fingerprint density at radius 2 is 1.89 bits per heavy atom. The normalized spacial score (nSPS) is 17.6. The molecule has 0 N–H and O–H groups in total. The van der Waals surface area contributed by atoms with Gasteiger partial charge in [-0.3, -0.25) is 4.68 Å². The standard InChI is InChI=1S/C13H22N4O2/c1-13(2,3)12(18)19-17-7-5-16(6-8-17)11-9-14-15(4)10-11/h9-10H,5-8H2,1-4H3. The van der Waals surface area contributed by atoms with Crippen LogP contribution < -0.4 is 4.90 Å². The number of hydrogen-bond acceptors (Lipinski definition) is 5. The van der Waals surface area contributed by atoms with Crippen molar-refractivity contribution >= 4 is 11.7 Å². The lowest BCUT2D eigenvalue weighted by molar-refractivity contribution is -0.201. The van der Waals surface area contributed by atoms with E-state index in [2.05, 4.69) is 10.00 Å². The topological polar surface area (TPSA) is 50.6 Å². The predicted octanol–water partition coefficient (Wildman–Crippen LogP) is 1.05. The van der Waals surface area contributed by atoms with Crippen molar-refractivity contribution in [2.75, 3.05) is 31.1 Å². The predicted molar refractivity (Wildman–Crippen MR) is 72.5 cm³/mol. The van der Waals surface area contributed by atoms with Gasteiger partial charge in [0.05, 0.1) is 30.4 Å². The molecule has 2 rings (SSSR count). The molecule has 1 aliphatic heterocycles. The van der Waals surface area contributed by atoms with Crippen LogP contribution in [0.15, 0.2) is 12.4 Å². The minimum Gasteiger partial charge on any atom is -0.367 e. The third kappa shape index (κ3) is 3.47. The first-order valence-corrected chi connectivity index (χ1v) is 6.57. The summed E-state index contributed by atoms with van der Waals surface area (Å²) in [4.78, 5) is 19.4. The summed E-state index contributed by atoms with van der Waals surface area (Å²) in [7, 11) is 1.91. The summed E-state index contributed by atoms with van der Waals surface area (Å²) in [5, 5.41) is 5.92. The van der Waals surface area contributed by atoms with Gasteiger partial charge in [0.1, 0.15) is 0 Å². The first kappa shape index (κ1) is 13.9. The molecule has 0 radical (unpaired) electrons. The molecule has 6 nitrogen and oxygen atoms in total. The fourth-order valence-electron chi connectivity index (χ4n) is 1.86. The number of aryl methyl sites for hydroxylation is 1. The van der Waals surface area contributed by atoms with E-state index < -0.39 is 5.41 Å². The average molecular weight is 266 g/mol. The first-order valence-electron chi connectivity index (χ1n) is 6.57. The highest BCUT2D eigenvalue weighted by Gasteiger charge is 2.28. The molecule has 106 valence electrons. The van der Waals surface area contributed by atoms with Gasteiger partial charge in [-0.15, -0.1) is 5.06 Å². The van der Waals surface area contributed by atoms with E-state index >= 15 is 0 Å². The van der Waals surface area contributed by atoms with Crippen molar-refractivity contribution in [2.45, 2.75) is 20.8 Å². The Labute approximate surface area is 113 Å². The Morgan fingerprint density at radius 1 is 1.26 bits per heavy atom. The molecule has 1 aromatic rings. The van der Waals surface area contributed by atoms with Gasteiger partial charge in [0.2, 0.25) is 0 Å². The number of rotatable bonds is 2. The summed E-state index contributed by atoms with van der Waals surface area (Å²) in [6, 6.07) is 0. The zero-order valence-corrected chi connectivity index (χ0v) is 12.1. The Hall–Kier alpha value is -1.56. The van der Waals surface area contributed by atoms with Crippen molar-refractivity contribution in [3.05, 3.63) is 12.4 Å². The summed E-state index contributed by atoms with van der Waals surface area (Å²) >= 11 is 0. The van der Waals surface area contributed by atoms with E-state index in [1.165, 1.54) is 0 Å². The molecular weight excluding hydrogens is 244 g/mol. The van der Waals surface area contributed by atoms with E-state index in [4.69, 9.17) is 4.84 Å². The number of carbonyl (C=O) groups is 1. The molecule has 0 bridgehead atoms. The lowest BCUT2D eigenvalue weighted by Gasteiger charge is -2.34. The molecule has 0 spiro atoms. The van der Waals surface area contributed by atoms with E-state index in [9.17, 15) is 4.79 Å². The molecule has 0 amide bonds. The van der Waals surface area contributed by atoms with Gasteiger partial charge in [-0.2, -0.15) is 5.10 Å². The third-order valence-corrected chi connectivity index (χ3v) is 3.12. The molecule has 19 heavy (non-hydrogen) atoms. The number of hydrogen-bond donors (Lipinski definition) is 0. The molecule has 0 aromatic carbocycles. The van der Waals surface area contributed by atoms with E-state index in [-0.39, 0.29) is 5.97 Å². The summed E-state index contributed by atoms with van der Waals surface area (Å²) < 4.78 is 1.79. The van der Waals surface area contributed by atoms with Crippen molar-refractivity contribution in [1.29, 1.82) is 0 Å². The summed E-state index contributed by atoms with van der Waals surface area (Å²) in [6.07, 6.45) is 3.85. The van der Waals surface area contributed by atoms with Crippen molar-refractivity contribution in [1.82, 2.24) is 14.8 Å². The van der Waals surface area contributed by atoms with Gasteiger partial charge in [0.15, 0.2) is 0 Å². The van der Waals surface area contributed by atoms with Crippen LogP contribution in [0.5, 0.6) is 0 Å². The third-order valence-electron chi connectivity index (χ3n) is 3.12. The largest absolute Gasteiger partial charge is 0.367 e. The Bertz CT molecular complexity index is 442. The Kier molecular flexibility index (Phi) is 3.80. The zero-order chi connectivity index (χ0) is 14.0. The molecule has 0 aliphatic carbocycles. The smallest absolute Gasteiger partial charge is 0.330 e. The highest BCUT2D eigenvalue weighted by molar-refractivity contribution is 5.75. The lowest BCUT2D eigenvalue weighted by atomic mass is 9.98. The quantitative estimate of drug-likeness (QED) is 0.800. The van der Waals surface area contributed by atoms with E-state index in [0.29, 0.717) is 0 Å². The van der Waals surface area contributed by atoms with Crippen molar-refractivity contribution in [2.24, 2.45) is 12.5 Å². The van der Waals surface area contributed by atoms with Gasteiger partial charge < -0.3 is 9.74 Å². The zero-order valence-electron chi connectivity index (χ0n) is 12.1. The van der Waals surface area contributed by atoms with Crippen molar-refractivity contribution < 1.29 is 9.63 Å². The van der Waals surface area contributed by atoms with Gasteiger partial charge in [-0.25, -0.2) is 4.79 Å². The lowest BCUT2D eigenvalue weighted by Crippen LogP contribution is -2.48. The second-order valence-electron chi connectivity index (χ2n) is 5.92. The maximum atomic E-state index is 11.8. The second kappa shape index (κ2) is 5.21. The van der Waals surface area contributed by atoms with Crippen LogP contribution in [0.2, 0.25) is 0 Å². The summed E-state index contributed by atoms with van der Waals surface area (Å²) in [6.45, 7) is 8.70. The minimum absolute atomic E-state index is 0.178. The van der Waals surface area contributed by atoms with Crippen molar-refractivity contribution in [3.8, 4) is 0 Å². The van der Waals surface area contributed by atoms with Gasteiger partial charge >= 0.3 is 5.97 Å². The molecule has 1 fully saturated rings. The molecule has 6 heteroatoms. The second-order valence-corrected chi connectivity index (χ2v) is 5.92. The Morgan fingerprint density at radius 3 is 2.37 bits per heavy atom. The molecule has 1 saturated heterocycles. The molecule has 1 aliphatic rings. The van der Waals surface area contributed by atoms with Gasteiger partial charge in [-0.1, -0.05) is 0 Å². The fraction of sp³-hybridized carbons (Fsp3) is 0.692. The number of hydroxylamine groups is 2. The van der Waals surface area contributed by atoms with Crippen molar-refractivity contribution in [3.63, 3.8) is 0 Å². The number of anilines is 1. The van der Waals surface area contributed by atoms with E-state index in [0.717, 1.165) is 31.9 Å². The van der Waals surface area contributed by atoms with Crippen LogP contribution in [0.25, 0.3) is 0 Å². The summed E-state index contributed by atoms with van der Waals surface area (Å²) in [5.74, 6) is -0.178. The SMILES string of the molecule is Cn1cc(N2CCN(OC(=O)C(C)(C)C)CC2)cn1. The molecule has 2 heterocycles. The average Bonchev–Trinajstić information content (AvgIpc) is 2.75. The highest BCUT2D eigenvalue weighted by atomic mass is 16.7. The van der Waals surface area contributed by atoms with Crippen LogP contribution in [0, 0.1) is 5.41 Å². The van der Waals surface area contributed by atoms with Crippen LogP contribution in [0.1, 0.15) is 20.8 Å². The number of nitrogens with zero attached hydrogens (tertiary/aromatic N) is 4. The van der Waals surface area contributed by atoms with Crippen LogP contribution in [0.4, 0.5) is 5.69 Å². The first-order chi connectivity index (χ1) is 8.86. The van der Waals surface area contributed by atoms with Crippen LogP contribution in [-0.4, -0.2) is 47.0 Å². The molecule has 0 atom stereocenters. The van der Waals surface area contributed by atoms with Crippen LogP contribution in [0.3, 0.4) is 0 Å². The van der Waals surface area contributed by atoms with E-state index in [1.54, 1.807) is 9.75 Å².